The zero-order chi connectivity index (χ0) is 12.6. The second-order valence-electron chi connectivity index (χ2n) is 3.96. The number of hydrogen-bond donors (Lipinski definition) is 2. The van der Waals surface area contributed by atoms with Gasteiger partial charge in [0, 0.05) is 19.4 Å². The maximum absolute atomic E-state index is 10.5. The lowest BCUT2D eigenvalue weighted by atomic mass is 9.91. The van der Waals surface area contributed by atoms with Crippen LogP contribution in [0.1, 0.15) is 12.0 Å². The third-order valence-electron chi connectivity index (χ3n) is 2.74. The number of rotatable bonds is 8. The monoisotopic (exact) mass is 255 g/mol. The fraction of sp³-hybridized carbons (Fsp3) is 0.538. The molecule has 3 N–H and O–H groups in total. The molecule has 0 spiro atoms. The second-order valence-corrected chi connectivity index (χ2v) is 5.18. The Morgan fingerprint density at radius 3 is 2.59 bits per heavy atom. The fourth-order valence-electron chi connectivity index (χ4n) is 1.60. The van der Waals surface area contributed by atoms with Gasteiger partial charge < -0.3 is 15.6 Å². The molecular weight excluding hydrogens is 234 g/mol. The van der Waals surface area contributed by atoms with Crippen LogP contribution < -0.4 is 5.73 Å². The summed E-state index contributed by atoms with van der Waals surface area (Å²) >= 11 is 1.77. The van der Waals surface area contributed by atoms with Gasteiger partial charge in [-0.05, 0) is 17.7 Å². The molecule has 1 aromatic rings. The van der Waals surface area contributed by atoms with Gasteiger partial charge in [0.15, 0.2) is 0 Å². The average Bonchev–Trinajstić information content (AvgIpc) is 2.39. The molecule has 3 nitrogen and oxygen atoms in total. The van der Waals surface area contributed by atoms with E-state index in [-0.39, 0.29) is 6.54 Å². The van der Waals surface area contributed by atoms with Gasteiger partial charge in [-0.2, -0.15) is 11.8 Å². The van der Waals surface area contributed by atoms with Crippen LogP contribution in [-0.4, -0.2) is 36.9 Å². The number of hydrogen-bond acceptors (Lipinski definition) is 4. The summed E-state index contributed by atoms with van der Waals surface area (Å²) in [6, 6.07) is 9.63. The minimum atomic E-state index is -0.901. The molecule has 4 heteroatoms. The van der Waals surface area contributed by atoms with E-state index < -0.39 is 5.60 Å². The topological polar surface area (TPSA) is 55.5 Å². The van der Waals surface area contributed by atoms with Crippen LogP contribution in [0.5, 0.6) is 0 Å². The Balaban J connectivity index is 2.46. The highest BCUT2D eigenvalue weighted by Crippen LogP contribution is 2.25. The van der Waals surface area contributed by atoms with Gasteiger partial charge in [0.1, 0.15) is 5.60 Å². The van der Waals surface area contributed by atoms with E-state index in [0.717, 1.165) is 23.7 Å². The van der Waals surface area contributed by atoms with Crippen molar-refractivity contribution in [3.05, 3.63) is 35.9 Å². The number of methoxy groups -OCH3 is 1. The molecule has 0 heterocycles. The smallest absolute Gasteiger partial charge is 0.103 e. The van der Waals surface area contributed by atoms with E-state index in [1.807, 2.05) is 30.3 Å². The lowest BCUT2D eigenvalue weighted by molar-refractivity contribution is 0.0431. The summed E-state index contributed by atoms with van der Waals surface area (Å²) in [4.78, 5) is 0. The summed E-state index contributed by atoms with van der Waals surface area (Å²) in [5.74, 6) is 1.83. The first-order valence-corrected chi connectivity index (χ1v) is 6.93. The predicted molar refractivity (Wildman–Crippen MR) is 73.2 cm³/mol. The molecule has 17 heavy (non-hydrogen) atoms. The van der Waals surface area contributed by atoms with Crippen molar-refractivity contribution < 1.29 is 9.84 Å². The van der Waals surface area contributed by atoms with Crippen LogP contribution in [0, 0.1) is 0 Å². The fourth-order valence-corrected chi connectivity index (χ4v) is 2.57. The van der Waals surface area contributed by atoms with Crippen molar-refractivity contribution in [1.82, 2.24) is 0 Å². The van der Waals surface area contributed by atoms with Gasteiger partial charge in [-0.15, -0.1) is 0 Å². The normalized spacial score (nSPS) is 14.5. The second kappa shape index (κ2) is 7.71. The Kier molecular flexibility index (Phi) is 6.58. The Morgan fingerprint density at radius 1 is 1.29 bits per heavy atom. The van der Waals surface area contributed by atoms with Crippen molar-refractivity contribution in [2.24, 2.45) is 5.73 Å². The molecule has 0 aliphatic rings. The third-order valence-corrected chi connectivity index (χ3v) is 3.69. The number of ether oxygens (including phenoxy) is 1. The standard InChI is InChI=1S/C13H21NO2S/c1-16-8-10-17-9-7-13(15,11-14)12-5-3-2-4-6-12/h2-6,15H,7-11,14H2,1H3. The van der Waals surface area contributed by atoms with Crippen molar-refractivity contribution in [2.75, 3.05) is 31.8 Å². The van der Waals surface area contributed by atoms with E-state index in [0.29, 0.717) is 6.42 Å². The summed E-state index contributed by atoms with van der Waals surface area (Å²) in [5, 5.41) is 10.5. The quantitative estimate of drug-likeness (QED) is 0.693. The van der Waals surface area contributed by atoms with Crippen LogP contribution in [0.2, 0.25) is 0 Å². The minimum absolute atomic E-state index is 0.252. The molecule has 1 unspecified atom stereocenters. The molecule has 1 atom stereocenters. The first-order chi connectivity index (χ1) is 8.23. The van der Waals surface area contributed by atoms with Crippen LogP contribution in [0.15, 0.2) is 30.3 Å². The molecule has 0 aromatic heterocycles. The van der Waals surface area contributed by atoms with Gasteiger partial charge in [0.25, 0.3) is 0 Å². The van der Waals surface area contributed by atoms with Crippen LogP contribution in [0.4, 0.5) is 0 Å². The van der Waals surface area contributed by atoms with E-state index in [2.05, 4.69) is 0 Å². The highest BCUT2D eigenvalue weighted by atomic mass is 32.2. The summed E-state index contributed by atoms with van der Waals surface area (Å²) in [7, 11) is 1.70. The summed E-state index contributed by atoms with van der Waals surface area (Å²) in [5.41, 5.74) is 5.69. The van der Waals surface area contributed by atoms with Crippen LogP contribution in [0.3, 0.4) is 0 Å². The van der Waals surface area contributed by atoms with E-state index in [1.165, 1.54) is 0 Å². The highest BCUT2D eigenvalue weighted by Gasteiger charge is 2.26. The van der Waals surface area contributed by atoms with Crippen LogP contribution in [0.25, 0.3) is 0 Å². The van der Waals surface area contributed by atoms with Crippen molar-refractivity contribution >= 4 is 11.8 Å². The van der Waals surface area contributed by atoms with Gasteiger partial charge in [-0.25, -0.2) is 0 Å². The minimum Gasteiger partial charge on any atom is -0.384 e. The Bertz CT molecular complexity index is 308. The Morgan fingerprint density at radius 2 is 2.00 bits per heavy atom. The molecular formula is C13H21NO2S. The SMILES string of the molecule is COCCSCCC(O)(CN)c1ccccc1. The van der Waals surface area contributed by atoms with Crippen molar-refractivity contribution in [1.29, 1.82) is 0 Å². The molecule has 0 aliphatic carbocycles. The largest absolute Gasteiger partial charge is 0.384 e. The highest BCUT2D eigenvalue weighted by molar-refractivity contribution is 7.99. The summed E-state index contributed by atoms with van der Waals surface area (Å²) < 4.78 is 4.98. The zero-order valence-corrected chi connectivity index (χ0v) is 11.1. The zero-order valence-electron chi connectivity index (χ0n) is 10.3. The average molecular weight is 255 g/mol. The summed E-state index contributed by atoms with van der Waals surface area (Å²) in [6.07, 6.45) is 0.669. The van der Waals surface area contributed by atoms with Crippen molar-refractivity contribution in [3.8, 4) is 0 Å². The van der Waals surface area contributed by atoms with Crippen LogP contribution in [-0.2, 0) is 10.3 Å². The molecule has 0 saturated carbocycles. The molecule has 1 rings (SSSR count). The van der Waals surface area contributed by atoms with Crippen molar-refractivity contribution in [2.45, 2.75) is 12.0 Å². The van der Waals surface area contributed by atoms with E-state index in [9.17, 15) is 5.11 Å². The maximum atomic E-state index is 10.5. The van der Waals surface area contributed by atoms with Gasteiger partial charge in [0.2, 0.25) is 0 Å². The number of nitrogens with two attached hydrogens (primary N) is 1. The van der Waals surface area contributed by atoms with Gasteiger partial charge in [-0.1, -0.05) is 30.3 Å². The third kappa shape index (κ3) is 4.68. The molecule has 0 amide bonds. The lowest BCUT2D eigenvalue weighted by Gasteiger charge is -2.27. The van der Waals surface area contributed by atoms with E-state index in [1.54, 1.807) is 18.9 Å². The first kappa shape index (κ1) is 14.5. The van der Waals surface area contributed by atoms with E-state index in [4.69, 9.17) is 10.5 Å². The van der Waals surface area contributed by atoms with E-state index >= 15 is 0 Å². The number of thioether (sulfide) groups is 1. The molecule has 96 valence electrons. The molecule has 0 radical (unpaired) electrons. The number of aliphatic hydroxyl groups is 1. The molecule has 0 fully saturated rings. The predicted octanol–water partition coefficient (Wildman–Crippen LogP) is 1.60. The van der Waals surface area contributed by atoms with Crippen LogP contribution >= 0.6 is 11.8 Å². The Hall–Kier alpha value is -0.550. The Labute approximate surface area is 107 Å². The molecule has 0 saturated heterocycles. The first-order valence-electron chi connectivity index (χ1n) is 5.77. The molecule has 0 bridgehead atoms. The van der Waals surface area contributed by atoms with Gasteiger partial charge in [-0.3, -0.25) is 0 Å². The summed E-state index contributed by atoms with van der Waals surface area (Å²) in [6.45, 7) is 0.999. The van der Waals surface area contributed by atoms with Gasteiger partial charge >= 0.3 is 0 Å². The van der Waals surface area contributed by atoms with Gasteiger partial charge in [0.05, 0.1) is 6.61 Å². The molecule has 1 aromatic carbocycles. The maximum Gasteiger partial charge on any atom is 0.103 e. The lowest BCUT2D eigenvalue weighted by Crippen LogP contribution is -2.35. The number of benzene rings is 1. The van der Waals surface area contributed by atoms with Crippen molar-refractivity contribution in [3.63, 3.8) is 0 Å². The molecule has 0 aliphatic heterocycles.